The van der Waals surface area contributed by atoms with Crippen LogP contribution in [0.2, 0.25) is 0 Å². The van der Waals surface area contributed by atoms with Crippen molar-refractivity contribution in [2.24, 2.45) is 0 Å². The van der Waals surface area contributed by atoms with Gasteiger partial charge in [-0.25, -0.2) is 8.42 Å². The molecule has 0 bridgehead atoms. The van der Waals surface area contributed by atoms with Crippen LogP contribution < -0.4 is 14.8 Å². The number of benzene rings is 2. The van der Waals surface area contributed by atoms with E-state index >= 15 is 0 Å². The van der Waals surface area contributed by atoms with Gasteiger partial charge in [-0.1, -0.05) is 6.07 Å². The first-order chi connectivity index (χ1) is 17.4. The van der Waals surface area contributed by atoms with Crippen molar-refractivity contribution in [3.05, 3.63) is 58.7 Å². The van der Waals surface area contributed by atoms with Crippen LogP contribution in [0.25, 0.3) is 0 Å². The summed E-state index contributed by atoms with van der Waals surface area (Å²) in [5.74, 6) is -1.03. The van der Waals surface area contributed by atoms with Crippen LogP contribution in [0.5, 0.6) is 0 Å². The zero-order valence-electron chi connectivity index (χ0n) is 20.2. The van der Waals surface area contributed by atoms with E-state index in [0.29, 0.717) is 17.2 Å². The SMILES string of the molecule is CNC(=O)[C@@H]1Cc2ccc(NS(=O)(=O)O)cc2CN1C(=O)CCc1cc(NS(C)(=O)=O)cc(C(F)(F)F)c1. The number of nitrogens with one attached hydrogen (secondary N) is 3. The zero-order chi connectivity index (χ0) is 28.5. The van der Waals surface area contributed by atoms with Gasteiger partial charge in [0.15, 0.2) is 0 Å². The third-order valence-electron chi connectivity index (χ3n) is 5.70. The number of amides is 2. The molecule has 0 saturated heterocycles. The van der Waals surface area contributed by atoms with Crippen LogP contribution in [0.1, 0.15) is 28.7 Å². The zero-order valence-corrected chi connectivity index (χ0v) is 21.8. The second-order valence-corrected chi connectivity index (χ2v) is 11.6. The summed E-state index contributed by atoms with van der Waals surface area (Å²) in [4.78, 5) is 27.0. The largest absolute Gasteiger partial charge is 0.416 e. The van der Waals surface area contributed by atoms with Crippen LogP contribution in [0.4, 0.5) is 24.5 Å². The molecule has 0 aliphatic carbocycles. The Labute approximate surface area is 217 Å². The van der Waals surface area contributed by atoms with Gasteiger partial charge >= 0.3 is 16.5 Å². The molecule has 1 heterocycles. The van der Waals surface area contributed by atoms with Gasteiger partial charge in [0.25, 0.3) is 0 Å². The fourth-order valence-electron chi connectivity index (χ4n) is 4.13. The Balaban J connectivity index is 1.86. The molecule has 208 valence electrons. The fourth-order valence-corrected chi connectivity index (χ4v) is 5.10. The Morgan fingerprint density at radius 3 is 2.29 bits per heavy atom. The minimum atomic E-state index is -4.76. The van der Waals surface area contributed by atoms with Crippen molar-refractivity contribution in [2.45, 2.75) is 38.0 Å². The lowest BCUT2D eigenvalue weighted by Gasteiger charge is -2.36. The van der Waals surface area contributed by atoms with E-state index in [4.69, 9.17) is 4.55 Å². The molecule has 2 aromatic carbocycles. The van der Waals surface area contributed by atoms with Crippen molar-refractivity contribution in [1.29, 1.82) is 0 Å². The van der Waals surface area contributed by atoms with E-state index in [2.05, 4.69) is 5.32 Å². The molecule has 0 spiro atoms. The summed E-state index contributed by atoms with van der Waals surface area (Å²) in [7, 11) is -7.02. The van der Waals surface area contributed by atoms with Crippen LogP contribution in [-0.4, -0.2) is 57.4 Å². The molecule has 11 nitrogen and oxygen atoms in total. The number of alkyl halides is 3. The van der Waals surface area contributed by atoms with E-state index in [1.54, 1.807) is 6.07 Å². The van der Waals surface area contributed by atoms with Crippen LogP contribution in [0.3, 0.4) is 0 Å². The van der Waals surface area contributed by atoms with E-state index in [0.717, 1.165) is 12.3 Å². The van der Waals surface area contributed by atoms with Crippen LogP contribution in [0.15, 0.2) is 36.4 Å². The Kier molecular flexibility index (Phi) is 8.28. The Hall–Kier alpha value is -3.37. The summed E-state index contributed by atoms with van der Waals surface area (Å²) in [6.45, 7) is -0.100. The molecular formula is C22H25F3N4O7S2. The lowest BCUT2D eigenvalue weighted by molar-refractivity contribution is -0.141. The normalized spacial score (nSPS) is 15.9. The van der Waals surface area contributed by atoms with Gasteiger partial charge in [0, 0.05) is 32.1 Å². The number of hydrogen-bond acceptors (Lipinski definition) is 6. The van der Waals surface area contributed by atoms with Crippen molar-refractivity contribution < 1.29 is 44.1 Å². The lowest BCUT2D eigenvalue weighted by atomic mass is 9.92. The molecule has 1 aliphatic heterocycles. The van der Waals surface area contributed by atoms with Crippen LogP contribution in [0, 0.1) is 0 Å². The summed E-state index contributed by atoms with van der Waals surface area (Å²) in [5, 5.41) is 2.47. The van der Waals surface area contributed by atoms with Gasteiger partial charge in [0.05, 0.1) is 17.5 Å². The highest BCUT2D eigenvalue weighted by Gasteiger charge is 2.35. The number of sulfonamides is 1. The number of anilines is 2. The number of aryl methyl sites for hydroxylation is 1. The summed E-state index contributed by atoms with van der Waals surface area (Å²) in [6, 6.07) is 6.08. The quantitative estimate of drug-likeness (QED) is 0.348. The number of fused-ring (bicyclic) bond motifs is 1. The summed E-state index contributed by atoms with van der Waals surface area (Å²) in [5.41, 5.74) is -0.148. The number of carbonyl (C=O) groups is 2. The first kappa shape index (κ1) is 29.2. The minimum absolute atomic E-state index is 0.0342. The van der Waals surface area contributed by atoms with Crippen LogP contribution in [-0.2, 0) is 55.5 Å². The smallest absolute Gasteiger partial charge is 0.357 e. The first-order valence-corrected chi connectivity index (χ1v) is 14.4. The van der Waals surface area contributed by atoms with Gasteiger partial charge in [-0.15, -0.1) is 0 Å². The van der Waals surface area contributed by atoms with E-state index in [1.807, 2.05) is 9.44 Å². The first-order valence-electron chi connectivity index (χ1n) is 11.0. The molecule has 0 radical (unpaired) electrons. The van der Waals surface area contributed by atoms with E-state index < -0.39 is 49.9 Å². The predicted molar refractivity (Wildman–Crippen MR) is 132 cm³/mol. The van der Waals surface area contributed by atoms with Crippen LogP contribution >= 0.6 is 0 Å². The maximum Gasteiger partial charge on any atom is 0.416 e. The van der Waals surface area contributed by atoms with Gasteiger partial charge in [0.1, 0.15) is 6.04 Å². The number of halogens is 3. The molecule has 1 atom stereocenters. The van der Waals surface area contributed by atoms with E-state index in [-0.39, 0.29) is 42.7 Å². The molecule has 0 unspecified atom stereocenters. The summed E-state index contributed by atoms with van der Waals surface area (Å²) >= 11 is 0. The second kappa shape index (κ2) is 10.8. The lowest BCUT2D eigenvalue weighted by Crippen LogP contribution is -2.52. The average Bonchev–Trinajstić information content (AvgIpc) is 2.78. The third kappa shape index (κ3) is 7.82. The average molecular weight is 579 g/mol. The molecule has 38 heavy (non-hydrogen) atoms. The molecule has 4 N–H and O–H groups in total. The molecule has 0 aromatic heterocycles. The molecule has 0 saturated carbocycles. The number of carbonyl (C=O) groups excluding carboxylic acids is 2. The van der Waals surface area contributed by atoms with Gasteiger partial charge in [-0.05, 0) is 53.4 Å². The highest BCUT2D eigenvalue weighted by atomic mass is 32.2. The van der Waals surface area contributed by atoms with Crippen molar-refractivity contribution >= 4 is 43.5 Å². The summed E-state index contributed by atoms with van der Waals surface area (Å²) in [6.07, 6.45) is -4.36. The number of likely N-dealkylation sites (N-methyl/N-ethyl adjacent to an activating group) is 1. The number of hydrogen-bond donors (Lipinski definition) is 4. The van der Waals surface area contributed by atoms with Crippen molar-refractivity contribution in [2.75, 3.05) is 22.7 Å². The molecule has 16 heteroatoms. The highest BCUT2D eigenvalue weighted by Crippen LogP contribution is 2.33. The Morgan fingerprint density at radius 2 is 1.71 bits per heavy atom. The maximum absolute atomic E-state index is 13.4. The van der Waals surface area contributed by atoms with Crippen molar-refractivity contribution in [3.63, 3.8) is 0 Å². The monoisotopic (exact) mass is 578 g/mol. The molecule has 0 fully saturated rings. The molecular weight excluding hydrogens is 553 g/mol. The fraction of sp³-hybridized carbons (Fsp3) is 0.364. The standard InChI is InChI=1S/C22H25F3N4O7S2/c1-26-21(31)19-10-14-4-5-17(28-38(34,35)36)9-15(14)12-29(19)20(30)6-3-13-7-16(22(23,24)25)11-18(8-13)27-37(2,32)33/h4-5,7-9,11,19,27-28H,3,6,10,12H2,1-2H3,(H,26,31)(H,34,35,36)/t19-/m0/s1. The van der Waals surface area contributed by atoms with Gasteiger partial charge in [-0.2, -0.15) is 21.6 Å². The minimum Gasteiger partial charge on any atom is -0.357 e. The highest BCUT2D eigenvalue weighted by molar-refractivity contribution is 7.92. The number of rotatable bonds is 8. The molecule has 1 aliphatic rings. The van der Waals surface area contributed by atoms with Gasteiger partial charge in [0.2, 0.25) is 21.8 Å². The Morgan fingerprint density at radius 1 is 1.03 bits per heavy atom. The van der Waals surface area contributed by atoms with Gasteiger partial charge in [-0.3, -0.25) is 23.6 Å². The Bertz CT molecular complexity index is 1460. The van der Waals surface area contributed by atoms with E-state index in [1.165, 1.54) is 30.1 Å². The topological polar surface area (TPSA) is 162 Å². The third-order valence-corrected chi connectivity index (χ3v) is 6.80. The van der Waals surface area contributed by atoms with Crippen molar-refractivity contribution in [3.8, 4) is 0 Å². The molecule has 2 amide bonds. The predicted octanol–water partition coefficient (Wildman–Crippen LogP) is 1.92. The molecule has 3 rings (SSSR count). The van der Waals surface area contributed by atoms with E-state index in [9.17, 15) is 39.6 Å². The summed E-state index contributed by atoms with van der Waals surface area (Å²) < 4.78 is 98.4. The maximum atomic E-state index is 13.4. The van der Waals surface area contributed by atoms with Crippen molar-refractivity contribution in [1.82, 2.24) is 10.2 Å². The number of nitrogens with zero attached hydrogens (tertiary/aromatic N) is 1. The second-order valence-electron chi connectivity index (χ2n) is 8.71. The molecule has 2 aromatic rings. The van der Waals surface area contributed by atoms with Gasteiger partial charge < -0.3 is 10.2 Å².